The Morgan fingerprint density at radius 2 is 2.05 bits per heavy atom. The molecule has 110 valence electrons. The van der Waals surface area contributed by atoms with Gasteiger partial charge in [0.15, 0.2) is 5.75 Å². The van der Waals surface area contributed by atoms with Gasteiger partial charge in [-0.2, -0.15) is 8.78 Å². The highest BCUT2D eigenvalue weighted by molar-refractivity contribution is 6.37. The highest BCUT2D eigenvalue weighted by Gasteiger charge is 2.23. The summed E-state index contributed by atoms with van der Waals surface area (Å²) in [5, 5.41) is 5.56. The molecule has 1 fully saturated rings. The van der Waals surface area contributed by atoms with Crippen LogP contribution in [0.15, 0.2) is 12.1 Å². The summed E-state index contributed by atoms with van der Waals surface area (Å²) in [5.74, 6) is -0.585. The Hall–Kier alpha value is -1.11. The van der Waals surface area contributed by atoms with Gasteiger partial charge in [0.05, 0.1) is 16.0 Å². The second-order valence-electron chi connectivity index (χ2n) is 4.33. The first-order chi connectivity index (χ1) is 9.47. The summed E-state index contributed by atoms with van der Waals surface area (Å²) in [7, 11) is 0. The van der Waals surface area contributed by atoms with Crippen LogP contribution in [0.2, 0.25) is 10.0 Å². The monoisotopic (exact) mass is 324 g/mol. The number of rotatable bonds is 4. The summed E-state index contributed by atoms with van der Waals surface area (Å²) in [5.41, 5.74) is 0.346. The topological polar surface area (TPSA) is 50.4 Å². The average molecular weight is 325 g/mol. The van der Waals surface area contributed by atoms with Crippen LogP contribution in [-0.2, 0) is 4.79 Å². The third-order valence-electron chi connectivity index (χ3n) is 2.90. The fraction of sp³-hybridized carbons (Fsp3) is 0.417. The fourth-order valence-corrected chi connectivity index (χ4v) is 2.53. The van der Waals surface area contributed by atoms with E-state index in [1.807, 2.05) is 0 Å². The van der Waals surface area contributed by atoms with Crippen molar-refractivity contribution in [3.05, 3.63) is 22.2 Å². The normalized spacial score (nSPS) is 18.4. The molecule has 1 aromatic rings. The van der Waals surface area contributed by atoms with Crippen LogP contribution in [0.3, 0.4) is 0 Å². The molecular weight excluding hydrogens is 313 g/mol. The molecule has 0 saturated carbocycles. The lowest BCUT2D eigenvalue weighted by atomic mass is 10.1. The van der Waals surface area contributed by atoms with Gasteiger partial charge in [-0.1, -0.05) is 23.2 Å². The van der Waals surface area contributed by atoms with Gasteiger partial charge in [-0.25, -0.2) is 0 Å². The van der Waals surface area contributed by atoms with Crippen LogP contribution in [-0.4, -0.2) is 25.6 Å². The summed E-state index contributed by atoms with van der Waals surface area (Å²) >= 11 is 11.6. The Labute approximate surface area is 124 Å². The number of ether oxygens (including phenoxy) is 1. The van der Waals surface area contributed by atoms with Gasteiger partial charge in [-0.05, 0) is 25.1 Å². The van der Waals surface area contributed by atoms with Crippen molar-refractivity contribution in [2.24, 2.45) is 5.92 Å². The van der Waals surface area contributed by atoms with E-state index in [9.17, 15) is 13.6 Å². The van der Waals surface area contributed by atoms with Crippen LogP contribution < -0.4 is 15.4 Å². The highest BCUT2D eigenvalue weighted by Crippen LogP contribution is 2.37. The van der Waals surface area contributed by atoms with Gasteiger partial charge in [0.25, 0.3) is 0 Å². The first-order valence-electron chi connectivity index (χ1n) is 5.93. The number of hydrogen-bond donors (Lipinski definition) is 2. The SMILES string of the molecule is O=C(Nc1cc(Cl)c(OC(F)F)c(Cl)c1)C1CCNC1. The molecule has 1 amide bonds. The maximum atomic E-state index is 12.2. The van der Waals surface area contributed by atoms with Crippen LogP contribution in [0, 0.1) is 5.92 Å². The quantitative estimate of drug-likeness (QED) is 0.894. The van der Waals surface area contributed by atoms with E-state index in [-0.39, 0.29) is 27.6 Å². The van der Waals surface area contributed by atoms with Crippen molar-refractivity contribution in [3.8, 4) is 5.75 Å². The van der Waals surface area contributed by atoms with Crippen LogP contribution in [0.25, 0.3) is 0 Å². The lowest BCUT2D eigenvalue weighted by molar-refractivity contribution is -0.119. The van der Waals surface area contributed by atoms with E-state index in [1.165, 1.54) is 12.1 Å². The van der Waals surface area contributed by atoms with Crippen molar-refractivity contribution < 1.29 is 18.3 Å². The fourth-order valence-electron chi connectivity index (χ4n) is 1.96. The molecule has 1 aliphatic rings. The van der Waals surface area contributed by atoms with Gasteiger partial charge < -0.3 is 15.4 Å². The molecule has 2 rings (SSSR count). The summed E-state index contributed by atoms with van der Waals surface area (Å²) in [6, 6.07) is 2.65. The van der Waals surface area contributed by atoms with E-state index >= 15 is 0 Å². The molecule has 1 heterocycles. The van der Waals surface area contributed by atoms with E-state index in [0.717, 1.165) is 13.0 Å². The Morgan fingerprint density at radius 3 is 2.55 bits per heavy atom. The lowest BCUT2D eigenvalue weighted by Gasteiger charge is -2.13. The maximum Gasteiger partial charge on any atom is 0.387 e. The highest BCUT2D eigenvalue weighted by atomic mass is 35.5. The summed E-state index contributed by atoms with van der Waals surface area (Å²) in [6.07, 6.45) is 0.750. The molecule has 1 unspecified atom stereocenters. The minimum atomic E-state index is -3.02. The summed E-state index contributed by atoms with van der Waals surface area (Å²) in [6.45, 7) is -1.62. The molecule has 2 N–H and O–H groups in total. The molecule has 0 aromatic heterocycles. The first kappa shape index (κ1) is 15.3. The number of benzene rings is 1. The molecule has 20 heavy (non-hydrogen) atoms. The third kappa shape index (κ3) is 3.71. The third-order valence-corrected chi connectivity index (χ3v) is 3.47. The van der Waals surface area contributed by atoms with Crippen molar-refractivity contribution >= 4 is 34.8 Å². The van der Waals surface area contributed by atoms with Crippen LogP contribution >= 0.6 is 23.2 Å². The zero-order valence-corrected chi connectivity index (χ0v) is 11.8. The summed E-state index contributed by atoms with van der Waals surface area (Å²) in [4.78, 5) is 11.9. The number of anilines is 1. The van der Waals surface area contributed by atoms with Gasteiger partial charge >= 0.3 is 6.61 Å². The number of halogens is 4. The minimum Gasteiger partial charge on any atom is -0.432 e. The average Bonchev–Trinajstić information content (AvgIpc) is 2.87. The predicted octanol–water partition coefficient (Wildman–Crippen LogP) is 3.14. The molecule has 0 aliphatic carbocycles. The first-order valence-corrected chi connectivity index (χ1v) is 6.68. The van der Waals surface area contributed by atoms with Crippen LogP contribution in [0.5, 0.6) is 5.75 Å². The molecule has 1 atom stereocenters. The molecule has 1 saturated heterocycles. The molecule has 1 aliphatic heterocycles. The molecule has 0 bridgehead atoms. The zero-order valence-electron chi connectivity index (χ0n) is 10.3. The van der Waals surface area contributed by atoms with E-state index in [4.69, 9.17) is 23.2 Å². The maximum absolute atomic E-state index is 12.2. The number of hydrogen-bond acceptors (Lipinski definition) is 3. The molecule has 4 nitrogen and oxygen atoms in total. The number of nitrogens with one attached hydrogen (secondary N) is 2. The largest absolute Gasteiger partial charge is 0.432 e. The zero-order chi connectivity index (χ0) is 14.7. The molecule has 1 aromatic carbocycles. The molecule has 8 heteroatoms. The Morgan fingerprint density at radius 1 is 1.40 bits per heavy atom. The van der Waals surface area contributed by atoms with Gasteiger partial charge in [-0.3, -0.25) is 4.79 Å². The van der Waals surface area contributed by atoms with Gasteiger partial charge in [0, 0.05) is 12.2 Å². The van der Waals surface area contributed by atoms with Crippen LogP contribution in [0.1, 0.15) is 6.42 Å². The second kappa shape index (κ2) is 6.56. The van der Waals surface area contributed by atoms with Crippen molar-refractivity contribution in [1.82, 2.24) is 5.32 Å². The summed E-state index contributed by atoms with van der Waals surface area (Å²) < 4.78 is 28.6. The van der Waals surface area contributed by atoms with Gasteiger partial charge in [-0.15, -0.1) is 0 Å². The smallest absolute Gasteiger partial charge is 0.387 e. The predicted molar refractivity (Wildman–Crippen MR) is 72.7 cm³/mol. The van der Waals surface area contributed by atoms with Crippen molar-refractivity contribution in [3.63, 3.8) is 0 Å². The Bertz CT molecular complexity index is 485. The number of amides is 1. The van der Waals surface area contributed by atoms with Crippen LogP contribution in [0.4, 0.5) is 14.5 Å². The standard InChI is InChI=1S/C12H12Cl2F2N2O2/c13-8-3-7(4-9(14)10(8)20-12(15)16)18-11(19)6-1-2-17-5-6/h3-4,6,12,17H,1-2,5H2,(H,18,19). The van der Waals surface area contributed by atoms with E-state index < -0.39 is 6.61 Å². The minimum absolute atomic E-state index is 0.0855. The molecule has 0 radical (unpaired) electrons. The number of alkyl halides is 2. The number of carbonyl (C=O) groups is 1. The molecular formula is C12H12Cl2F2N2O2. The van der Waals surface area contributed by atoms with Gasteiger partial charge in [0.1, 0.15) is 0 Å². The Balaban J connectivity index is 2.11. The lowest BCUT2D eigenvalue weighted by Crippen LogP contribution is -2.24. The van der Waals surface area contributed by atoms with E-state index in [1.54, 1.807) is 0 Å². The van der Waals surface area contributed by atoms with E-state index in [0.29, 0.717) is 12.2 Å². The van der Waals surface area contributed by atoms with Crippen molar-refractivity contribution in [2.45, 2.75) is 13.0 Å². The van der Waals surface area contributed by atoms with E-state index in [2.05, 4.69) is 15.4 Å². The van der Waals surface area contributed by atoms with Crippen molar-refractivity contribution in [2.75, 3.05) is 18.4 Å². The second-order valence-corrected chi connectivity index (χ2v) is 5.14. The Kier molecular flexibility index (Phi) is 5.01. The number of carbonyl (C=O) groups excluding carboxylic acids is 1. The van der Waals surface area contributed by atoms with Crippen molar-refractivity contribution in [1.29, 1.82) is 0 Å². The van der Waals surface area contributed by atoms with Gasteiger partial charge in [0.2, 0.25) is 5.91 Å². The molecule has 0 spiro atoms.